The van der Waals surface area contributed by atoms with E-state index in [4.69, 9.17) is 27.9 Å². The molecule has 2 N–H and O–H groups in total. The SMILES string of the molecule is COc1ccc(Cl)cc1NC(=O)C(=O)N/N=C\c1ccccc1Cl. The third kappa shape index (κ3) is 4.71. The van der Waals surface area contributed by atoms with E-state index in [0.29, 0.717) is 21.4 Å². The first kappa shape index (κ1) is 17.8. The summed E-state index contributed by atoms with van der Waals surface area (Å²) in [5, 5.41) is 6.97. The van der Waals surface area contributed by atoms with Crippen molar-refractivity contribution in [3.05, 3.63) is 58.1 Å². The Labute approximate surface area is 148 Å². The minimum Gasteiger partial charge on any atom is -0.495 e. The topological polar surface area (TPSA) is 79.8 Å². The van der Waals surface area contributed by atoms with E-state index in [0.717, 1.165) is 0 Å². The number of carbonyl (C=O) groups excluding carboxylic acids is 2. The van der Waals surface area contributed by atoms with Crippen molar-refractivity contribution in [1.29, 1.82) is 0 Å². The molecule has 0 saturated heterocycles. The lowest BCUT2D eigenvalue weighted by atomic mass is 10.2. The fourth-order valence-electron chi connectivity index (χ4n) is 1.75. The van der Waals surface area contributed by atoms with Gasteiger partial charge in [0, 0.05) is 15.6 Å². The Hall–Kier alpha value is -2.57. The van der Waals surface area contributed by atoms with Gasteiger partial charge in [-0.2, -0.15) is 5.10 Å². The third-order valence-electron chi connectivity index (χ3n) is 2.89. The van der Waals surface area contributed by atoms with Gasteiger partial charge in [0.15, 0.2) is 0 Å². The number of rotatable bonds is 4. The second-order valence-corrected chi connectivity index (χ2v) is 5.36. The van der Waals surface area contributed by atoms with Gasteiger partial charge >= 0.3 is 11.8 Å². The molecule has 24 heavy (non-hydrogen) atoms. The maximum Gasteiger partial charge on any atom is 0.329 e. The summed E-state index contributed by atoms with van der Waals surface area (Å²) in [6, 6.07) is 11.6. The summed E-state index contributed by atoms with van der Waals surface area (Å²) in [7, 11) is 1.44. The fourth-order valence-corrected chi connectivity index (χ4v) is 2.10. The molecule has 0 saturated carbocycles. The van der Waals surface area contributed by atoms with Gasteiger partial charge < -0.3 is 10.1 Å². The summed E-state index contributed by atoms with van der Waals surface area (Å²) < 4.78 is 5.08. The van der Waals surface area contributed by atoms with Crippen LogP contribution in [0.15, 0.2) is 47.6 Å². The summed E-state index contributed by atoms with van der Waals surface area (Å²) in [5.74, 6) is -1.48. The highest BCUT2D eigenvalue weighted by Crippen LogP contribution is 2.27. The molecule has 0 aromatic heterocycles. The molecular formula is C16H13Cl2N3O3. The molecule has 0 unspecified atom stereocenters. The zero-order valence-electron chi connectivity index (χ0n) is 12.5. The molecular weight excluding hydrogens is 353 g/mol. The van der Waals surface area contributed by atoms with Crippen molar-refractivity contribution in [2.45, 2.75) is 0 Å². The highest BCUT2D eigenvalue weighted by Gasteiger charge is 2.15. The summed E-state index contributed by atoms with van der Waals surface area (Å²) in [6.45, 7) is 0. The first-order valence-corrected chi connectivity index (χ1v) is 7.49. The maximum atomic E-state index is 11.9. The summed E-state index contributed by atoms with van der Waals surface area (Å²) in [6.07, 6.45) is 1.34. The van der Waals surface area contributed by atoms with Gasteiger partial charge in [0.1, 0.15) is 5.75 Å². The average Bonchev–Trinajstić information content (AvgIpc) is 2.56. The van der Waals surface area contributed by atoms with Gasteiger partial charge in [-0.3, -0.25) is 9.59 Å². The molecule has 2 amide bonds. The van der Waals surface area contributed by atoms with Crippen LogP contribution in [0, 0.1) is 0 Å². The number of ether oxygens (including phenoxy) is 1. The maximum absolute atomic E-state index is 11.9. The molecule has 0 aliphatic rings. The molecule has 6 nitrogen and oxygen atoms in total. The van der Waals surface area contributed by atoms with Crippen LogP contribution in [0.2, 0.25) is 10.0 Å². The Kier molecular flexibility index (Phi) is 6.17. The summed E-state index contributed by atoms with van der Waals surface area (Å²) >= 11 is 11.8. The molecule has 2 rings (SSSR count). The molecule has 0 fully saturated rings. The lowest BCUT2D eigenvalue weighted by molar-refractivity contribution is -0.136. The number of halogens is 2. The van der Waals surface area contributed by atoms with Crippen LogP contribution in [-0.2, 0) is 9.59 Å². The summed E-state index contributed by atoms with van der Waals surface area (Å²) in [5.41, 5.74) is 3.00. The predicted octanol–water partition coefficient (Wildman–Crippen LogP) is 3.09. The van der Waals surface area contributed by atoms with Crippen molar-refractivity contribution in [2.24, 2.45) is 5.10 Å². The fraction of sp³-hybridized carbons (Fsp3) is 0.0625. The number of nitrogens with zero attached hydrogens (tertiary/aromatic N) is 1. The Bertz CT molecular complexity index is 794. The number of benzene rings is 2. The highest BCUT2D eigenvalue weighted by molar-refractivity contribution is 6.40. The Morgan fingerprint density at radius 3 is 2.58 bits per heavy atom. The molecule has 8 heteroatoms. The second kappa shape index (κ2) is 8.33. The van der Waals surface area contributed by atoms with Crippen molar-refractivity contribution in [1.82, 2.24) is 5.43 Å². The molecule has 0 atom stereocenters. The quantitative estimate of drug-likeness (QED) is 0.496. The standard InChI is InChI=1S/C16H13Cl2N3O3/c1-24-14-7-6-11(17)8-13(14)20-15(22)16(23)21-19-9-10-4-2-3-5-12(10)18/h2-9H,1H3,(H,20,22)(H,21,23)/b19-9-. The van der Waals surface area contributed by atoms with Crippen molar-refractivity contribution < 1.29 is 14.3 Å². The van der Waals surface area contributed by atoms with Gasteiger partial charge in [-0.25, -0.2) is 5.43 Å². The molecule has 2 aromatic carbocycles. The van der Waals surface area contributed by atoms with E-state index in [1.165, 1.54) is 19.4 Å². The van der Waals surface area contributed by atoms with Crippen molar-refractivity contribution in [2.75, 3.05) is 12.4 Å². The van der Waals surface area contributed by atoms with Crippen molar-refractivity contribution in [3.63, 3.8) is 0 Å². The van der Waals surface area contributed by atoms with Crippen LogP contribution in [0.5, 0.6) is 5.75 Å². The molecule has 0 spiro atoms. The monoisotopic (exact) mass is 365 g/mol. The Morgan fingerprint density at radius 1 is 1.12 bits per heavy atom. The molecule has 0 bridgehead atoms. The minimum atomic E-state index is -0.944. The number of hydrogen-bond donors (Lipinski definition) is 2. The van der Waals surface area contributed by atoms with Crippen LogP contribution >= 0.6 is 23.2 Å². The lowest BCUT2D eigenvalue weighted by Crippen LogP contribution is -2.32. The van der Waals surface area contributed by atoms with Crippen LogP contribution in [-0.4, -0.2) is 25.1 Å². The van der Waals surface area contributed by atoms with E-state index in [1.807, 2.05) is 0 Å². The van der Waals surface area contributed by atoms with Gasteiger partial charge in [0.25, 0.3) is 0 Å². The zero-order valence-corrected chi connectivity index (χ0v) is 14.1. The number of methoxy groups -OCH3 is 1. The van der Waals surface area contributed by atoms with Crippen LogP contribution in [0.1, 0.15) is 5.56 Å². The molecule has 0 heterocycles. The second-order valence-electron chi connectivity index (χ2n) is 4.52. The largest absolute Gasteiger partial charge is 0.495 e. The normalized spacial score (nSPS) is 10.5. The zero-order chi connectivity index (χ0) is 17.5. The third-order valence-corrected chi connectivity index (χ3v) is 3.47. The van der Waals surface area contributed by atoms with E-state index >= 15 is 0 Å². The van der Waals surface area contributed by atoms with Crippen molar-refractivity contribution >= 4 is 46.9 Å². The van der Waals surface area contributed by atoms with Gasteiger partial charge in [0.2, 0.25) is 0 Å². The van der Waals surface area contributed by atoms with Crippen LogP contribution in [0.4, 0.5) is 5.69 Å². The number of carbonyl (C=O) groups is 2. The average molecular weight is 366 g/mol. The molecule has 0 aliphatic heterocycles. The summed E-state index contributed by atoms with van der Waals surface area (Å²) in [4.78, 5) is 23.6. The number of hydrazone groups is 1. The highest BCUT2D eigenvalue weighted by atomic mass is 35.5. The van der Waals surface area contributed by atoms with Gasteiger partial charge in [-0.05, 0) is 24.3 Å². The number of nitrogens with one attached hydrogen (secondary N) is 2. The predicted molar refractivity (Wildman–Crippen MR) is 93.8 cm³/mol. The van der Waals surface area contributed by atoms with Crippen molar-refractivity contribution in [3.8, 4) is 5.75 Å². The first-order chi connectivity index (χ1) is 11.5. The van der Waals surface area contributed by atoms with Crippen LogP contribution in [0.25, 0.3) is 0 Å². The van der Waals surface area contributed by atoms with Gasteiger partial charge in [-0.1, -0.05) is 41.4 Å². The Balaban J connectivity index is 1.99. The lowest BCUT2D eigenvalue weighted by Gasteiger charge is -2.09. The number of anilines is 1. The van der Waals surface area contributed by atoms with Crippen LogP contribution < -0.4 is 15.5 Å². The van der Waals surface area contributed by atoms with E-state index in [9.17, 15) is 9.59 Å². The number of amides is 2. The first-order valence-electron chi connectivity index (χ1n) is 6.73. The molecule has 124 valence electrons. The van der Waals surface area contributed by atoms with Crippen LogP contribution in [0.3, 0.4) is 0 Å². The molecule has 0 radical (unpaired) electrons. The van der Waals surface area contributed by atoms with E-state index in [-0.39, 0.29) is 5.69 Å². The minimum absolute atomic E-state index is 0.278. The van der Waals surface area contributed by atoms with E-state index in [1.54, 1.807) is 36.4 Å². The van der Waals surface area contributed by atoms with Gasteiger partial charge in [0.05, 0.1) is 19.0 Å². The van der Waals surface area contributed by atoms with E-state index in [2.05, 4.69) is 15.8 Å². The van der Waals surface area contributed by atoms with E-state index < -0.39 is 11.8 Å². The number of hydrogen-bond acceptors (Lipinski definition) is 4. The molecule has 2 aromatic rings. The van der Waals surface area contributed by atoms with Gasteiger partial charge in [-0.15, -0.1) is 0 Å². The molecule has 0 aliphatic carbocycles. The smallest absolute Gasteiger partial charge is 0.329 e. The Morgan fingerprint density at radius 2 is 1.88 bits per heavy atom.